The van der Waals surface area contributed by atoms with E-state index in [-0.39, 0.29) is 6.04 Å². The van der Waals surface area contributed by atoms with E-state index in [2.05, 4.69) is 0 Å². The van der Waals surface area contributed by atoms with Crippen LogP contribution in [-0.2, 0) is 0 Å². The summed E-state index contributed by atoms with van der Waals surface area (Å²) in [5.41, 5.74) is 5.49. The maximum atomic E-state index is 12.4. The Bertz CT molecular complexity index is 66.9. The Morgan fingerprint density at radius 3 is 2.50 bits per heavy atom. The summed E-state index contributed by atoms with van der Waals surface area (Å²) in [6.45, 7) is 0. The predicted octanol–water partition coefficient (Wildman–Crippen LogP) is 1.23. The first-order chi connectivity index (χ1) is 3.79. The molecule has 1 nitrogen and oxygen atoms in total. The van der Waals surface area contributed by atoms with E-state index >= 15 is 0 Å². The molecule has 2 unspecified atom stereocenters. The molecule has 0 bridgehead atoms. The van der Waals surface area contributed by atoms with Gasteiger partial charge >= 0.3 is 0 Å². The van der Waals surface area contributed by atoms with Crippen LogP contribution in [0.5, 0.6) is 0 Å². The normalized spacial score (nSPS) is 39.8. The fourth-order valence-corrected chi connectivity index (χ4v) is 1.17. The van der Waals surface area contributed by atoms with E-state index in [0.717, 1.165) is 19.3 Å². The molecular weight excluding hydrogens is 105 g/mol. The molecule has 1 rings (SSSR count). The Morgan fingerprint density at radius 2 is 2.12 bits per heavy atom. The number of alkyl halides is 1. The van der Waals surface area contributed by atoms with E-state index in [4.69, 9.17) is 5.73 Å². The summed E-state index contributed by atoms with van der Waals surface area (Å²) in [5, 5.41) is 0. The highest BCUT2D eigenvalue weighted by Crippen LogP contribution is 2.18. The average molecular weight is 117 g/mol. The molecule has 0 radical (unpaired) electrons. The average Bonchev–Trinajstić information content (AvgIpc) is 1.64. The maximum Gasteiger partial charge on any atom is 0.102 e. The summed E-state index contributed by atoms with van der Waals surface area (Å²) in [7, 11) is 0. The van der Waals surface area contributed by atoms with E-state index < -0.39 is 6.17 Å². The SMILES string of the molecule is NC1CCCC(F)C1. The van der Waals surface area contributed by atoms with Gasteiger partial charge in [-0.1, -0.05) is 0 Å². The molecule has 0 aromatic heterocycles. The molecule has 1 saturated carbocycles. The highest BCUT2D eigenvalue weighted by molar-refractivity contribution is 4.73. The summed E-state index contributed by atoms with van der Waals surface area (Å²) in [6.07, 6.45) is 2.69. The molecule has 2 atom stereocenters. The van der Waals surface area contributed by atoms with Crippen molar-refractivity contribution in [2.75, 3.05) is 0 Å². The Balaban J connectivity index is 2.23. The van der Waals surface area contributed by atoms with Crippen molar-refractivity contribution in [1.82, 2.24) is 0 Å². The third-order valence-electron chi connectivity index (χ3n) is 1.65. The van der Waals surface area contributed by atoms with Gasteiger partial charge in [0.25, 0.3) is 0 Å². The Hall–Kier alpha value is -0.110. The minimum absolute atomic E-state index is 0.138. The molecule has 0 aromatic carbocycles. The second kappa shape index (κ2) is 2.44. The van der Waals surface area contributed by atoms with Gasteiger partial charge in [0.15, 0.2) is 0 Å². The van der Waals surface area contributed by atoms with Crippen molar-refractivity contribution in [2.45, 2.75) is 37.9 Å². The van der Waals surface area contributed by atoms with Gasteiger partial charge in [-0.15, -0.1) is 0 Å². The van der Waals surface area contributed by atoms with Crippen LogP contribution >= 0.6 is 0 Å². The lowest BCUT2D eigenvalue weighted by atomic mass is 9.95. The van der Waals surface area contributed by atoms with Crippen LogP contribution in [-0.4, -0.2) is 12.2 Å². The lowest BCUT2D eigenvalue weighted by molar-refractivity contribution is 0.232. The number of hydrogen-bond donors (Lipinski definition) is 1. The van der Waals surface area contributed by atoms with E-state index in [1.54, 1.807) is 0 Å². The number of rotatable bonds is 0. The molecule has 2 N–H and O–H groups in total. The molecule has 48 valence electrons. The van der Waals surface area contributed by atoms with Crippen LogP contribution in [0.2, 0.25) is 0 Å². The topological polar surface area (TPSA) is 26.0 Å². The summed E-state index contributed by atoms with van der Waals surface area (Å²) in [4.78, 5) is 0. The number of nitrogens with two attached hydrogens (primary N) is 1. The third kappa shape index (κ3) is 1.44. The van der Waals surface area contributed by atoms with Gasteiger partial charge in [-0.05, 0) is 25.7 Å². The Kier molecular flexibility index (Phi) is 1.84. The first-order valence-corrected chi connectivity index (χ1v) is 3.18. The van der Waals surface area contributed by atoms with Gasteiger partial charge in [-0.25, -0.2) is 4.39 Å². The standard InChI is InChI=1S/C6H12FN/c7-5-2-1-3-6(8)4-5/h5-6H,1-4,8H2. The molecule has 1 aliphatic carbocycles. The molecule has 0 aliphatic heterocycles. The van der Waals surface area contributed by atoms with E-state index in [0.29, 0.717) is 6.42 Å². The van der Waals surface area contributed by atoms with Crippen LogP contribution in [0, 0.1) is 0 Å². The minimum Gasteiger partial charge on any atom is -0.328 e. The van der Waals surface area contributed by atoms with Crippen molar-refractivity contribution in [3.8, 4) is 0 Å². The second-order valence-corrected chi connectivity index (χ2v) is 2.52. The predicted molar refractivity (Wildman–Crippen MR) is 31.3 cm³/mol. The van der Waals surface area contributed by atoms with Crippen molar-refractivity contribution >= 4 is 0 Å². The van der Waals surface area contributed by atoms with Crippen molar-refractivity contribution in [1.29, 1.82) is 0 Å². The highest BCUT2D eigenvalue weighted by Gasteiger charge is 2.17. The maximum absolute atomic E-state index is 12.4. The molecule has 1 fully saturated rings. The quantitative estimate of drug-likeness (QED) is 0.507. The van der Waals surface area contributed by atoms with Gasteiger partial charge in [0, 0.05) is 6.04 Å². The zero-order valence-electron chi connectivity index (χ0n) is 4.94. The molecule has 0 aromatic rings. The van der Waals surface area contributed by atoms with Gasteiger partial charge in [0.1, 0.15) is 6.17 Å². The fourth-order valence-electron chi connectivity index (χ4n) is 1.17. The van der Waals surface area contributed by atoms with Crippen LogP contribution in [0.15, 0.2) is 0 Å². The monoisotopic (exact) mass is 117 g/mol. The molecular formula is C6H12FN. The van der Waals surface area contributed by atoms with Crippen LogP contribution in [0.3, 0.4) is 0 Å². The van der Waals surface area contributed by atoms with Crippen molar-refractivity contribution in [2.24, 2.45) is 5.73 Å². The zero-order valence-corrected chi connectivity index (χ0v) is 4.94. The van der Waals surface area contributed by atoms with Gasteiger partial charge in [0.2, 0.25) is 0 Å². The molecule has 0 spiro atoms. The van der Waals surface area contributed by atoms with Crippen molar-refractivity contribution < 1.29 is 4.39 Å². The van der Waals surface area contributed by atoms with Gasteiger partial charge < -0.3 is 5.73 Å². The highest BCUT2D eigenvalue weighted by atomic mass is 19.1. The fraction of sp³-hybridized carbons (Fsp3) is 1.00. The minimum atomic E-state index is -0.612. The van der Waals surface area contributed by atoms with Crippen molar-refractivity contribution in [3.05, 3.63) is 0 Å². The summed E-state index contributed by atoms with van der Waals surface area (Å²) >= 11 is 0. The summed E-state index contributed by atoms with van der Waals surface area (Å²) < 4.78 is 12.4. The van der Waals surface area contributed by atoms with Gasteiger partial charge in [0.05, 0.1) is 0 Å². The first-order valence-electron chi connectivity index (χ1n) is 3.18. The smallest absolute Gasteiger partial charge is 0.102 e. The Labute approximate surface area is 49.1 Å². The molecule has 0 heterocycles. The van der Waals surface area contributed by atoms with Crippen LogP contribution in [0.1, 0.15) is 25.7 Å². The van der Waals surface area contributed by atoms with E-state index in [1.165, 1.54) is 0 Å². The van der Waals surface area contributed by atoms with Gasteiger partial charge in [-0.3, -0.25) is 0 Å². The van der Waals surface area contributed by atoms with E-state index in [1.807, 2.05) is 0 Å². The lowest BCUT2D eigenvalue weighted by Crippen LogP contribution is -2.28. The van der Waals surface area contributed by atoms with E-state index in [9.17, 15) is 4.39 Å². The van der Waals surface area contributed by atoms with Crippen LogP contribution < -0.4 is 5.73 Å². The van der Waals surface area contributed by atoms with Crippen molar-refractivity contribution in [3.63, 3.8) is 0 Å². The van der Waals surface area contributed by atoms with Crippen LogP contribution in [0.25, 0.3) is 0 Å². The molecule has 1 aliphatic rings. The second-order valence-electron chi connectivity index (χ2n) is 2.52. The third-order valence-corrected chi connectivity index (χ3v) is 1.65. The van der Waals surface area contributed by atoms with Gasteiger partial charge in [-0.2, -0.15) is 0 Å². The number of halogens is 1. The molecule has 0 saturated heterocycles. The number of hydrogen-bond acceptors (Lipinski definition) is 1. The summed E-state index contributed by atoms with van der Waals surface area (Å²) in [5.74, 6) is 0. The Morgan fingerprint density at radius 1 is 1.38 bits per heavy atom. The first kappa shape index (κ1) is 6.02. The molecule has 2 heteroatoms. The molecule has 0 amide bonds. The lowest BCUT2D eigenvalue weighted by Gasteiger charge is -2.19. The largest absolute Gasteiger partial charge is 0.328 e. The summed E-state index contributed by atoms with van der Waals surface area (Å²) in [6, 6.07) is 0.138. The zero-order chi connectivity index (χ0) is 5.98. The van der Waals surface area contributed by atoms with Crippen LogP contribution in [0.4, 0.5) is 4.39 Å². The molecule has 8 heavy (non-hydrogen) atoms.